The standard InChI is InChI=1S/C15H19N3/c1-11-4-2-5-13(12(11)10-16)17-14-7-9-18-8-3-6-15(14)18/h2,4-5,14-15,17H,3,6-9H2,1H3. The molecular formula is C15H19N3. The Morgan fingerprint density at radius 1 is 1.33 bits per heavy atom. The van der Waals surface area contributed by atoms with Crippen molar-refractivity contribution < 1.29 is 0 Å². The molecule has 0 amide bonds. The van der Waals surface area contributed by atoms with E-state index in [9.17, 15) is 5.26 Å². The molecule has 2 saturated heterocycles. The molecule has 0 bridgehead atoms. The molecule has 0 radical (unpaired) electrons. The van der Waals surface area contributed by atoms with Crippen LogP contribution in [0.15, 0.2) is 18.2 Å². The number of hydrogen-bond donors (Lipinski definition) is 1. The number of anilines is 1. The molecule has 1 N–H and O–H groups in total. The van der Waals surface area contributed by atoms with Gasteiger partial charge in [0.05, 0.1) is 11.3 Å². The average molecular weight is 241 g/mol. The van der Waals surface area contributed by atoms with Gasteiger partial charge >= 0.3 is 0 Å². The highest BCUT2D eigenvalue weighted by Crippen LogP contribution is 2.31. The van der Waals surface area contributed by atoms with E-state index < -0.39 is 0 Å². The first kappa shape index (κ1) is 11.6. The minimum absolute atomic E-state index is 0.515. The maximum Gasteiger partial charge on any atom is 0.102 e. The second-order valence-electron chi connectivity index (χ2n) is 5.39. The van der Waals surface area contributed by atoms with Crippen molar-refractivity contribution in [2.24, 2.45) is 0 Å². The van der Waals surface area contributed by atoms with E-state index in [0.717, 1.165) is 16.8 Å². The van der Waals surface area contributed by atoms with Crippen molar-refractivity contribution in [3.63, 3.8) is 0 Å². The highest BCUT2D eigenvalue weighted by atomic mass is 15.2. The molecule has 2 unspecified atom stereocenters. The molecule has 2 atom stereocenters. The zero-order valence-corrected chi connectivity index (χ0v) is 10.8. The molecule has 94 valence electrons. The lowest BCUT2D eigenvalue weighted by Crippen LogP contribution is -2.33. The van der Waals surface area contributed by atoms with E-state index >= 15 is 0 Å². The minimum Gasteiger partial charge on any atom is -0.380 e. The topological polar surface area (TPSA) is 39.1 Å². The number of hydrogen-bond acceptors (Lipinski definition) is 3. The van der Waals surface area contributed by atoms with Gasteiger partial charge in [0.2, 0.25) is 0 Å². The Hall–Kier alpha value is -1.53. The predicted octanol–water partition coefficient (Wildman–Crippen LogP) is 2.52. The van der Waals surface area contributed by atoms with Gasteiger partial charge in [0, 0.05) is 18.6 Å². The third-order valence-electron chi connectivity index (χ3n) is 4.33. The second kappa shape index (κ2) is 4.62. The van der Waals surface area contributed by atoms with Crippen LogP contribution < -0.4 is 5.32 Å². The van der Waals surface area contributed by atoms with Crippen LogP contribution in [0.5, 0.6) is 0 Å². The van der Waals surface area contributed by atoms with E-state index in [0.29, 0.717) is 12.1 Å². The lowest BCUT2D eigenvalue weighted by atomic mass is 10.0. The molecule has 1 aromatic rings. The number of aryl methyl sites for hydroxylation is 1. The van der Waals surface area contributed by atoms with Gasteiger partial charge in [0.15, 0.2) is 0 Å². The van der Waals surface area contributed by atoms with Crippen LogP contribution in [0.25, 0.3) is 0 Å². The van der Waals surface area contributed by atoms with Gasteiger partial charge in [-0.3, -0.25) is 4.90 Å². The van der Waals surface area contributed by atoms with Gasteiger partial charge in [-0.05, 0) is 44.4 Å². The van der Waals surface area contributed by atoms with E-state index in [2.05, 4.69) is 16.3 Å². The first-order valence-corrected chi connectivity index (χ1v) is 6.80. The highest BCUT2D eigenvalue weighted by Gasteiger charge is 2.37. The van der Waals surface area contributed by atoms with Crippen molar-refractivity contribution >= 4 is 5.69 Å². The summed E-state index contributed by atoms with van der Waals surface area (Å²) in [6.07, 6.45) is 3.82. The molecule has 2 heterocycles. The molecular weight excluding hydrogens is 222 g/mol. The molecule has 0 aliphatic carbocycles. The lowest BCUT2D eigenvalue weighted by molar-refractivity contribution is 0.318. The van der Waals surface area contributed by atoms with Gasteiger partial charge in [-0.25, -0.2) is 0 Å². The van der Waals surface area contributed by atoms with E-state index in [4.69, 9.17) is 0 Å². The Kier molecular flexibility index (Phi) is 2.97. The Morgan fingerprint density at radius 3 is 3.06 bits per heavy atom. The fourth-order valence-corrected chi connectivity index (χ4v) is 3.39. The van der Waals surface area contributed by atoms with Gasteiger partial charge in [0.25, 0.3) is 0 Å². The molecule has 2 fully saturated rings. The van der Waals surface area contributed by atoms with Gasteiger partial charge in [-0.1, -0.05) is 12.1 Å². The van der Waals surface area contributed by atoms with Gasteiger partial charge in [0.1, 0.15) is 6.07 Å². The maximum atomic E-state index is 9.26. The molecule has 3 rings (SSSR count). The second-order valence-corrected chi connectivity index (χ2v) is 5.39. The van der Waals surface area contributed by atoms with Crippen LogP contribution in [-0.4, -0.2) is 30.1 Å². The zero-order chi connectivity index (χ0) is 12.5. The van der Waals surface area contributed by atoms with E-state index in [-0.39, 0.29) is 0 Å². The molecule has 0 spiro atoms. The third kappa shape index (κ3) is 1.87. The van der Waals surface area contributed by atoms with Crippen LogP contribution >= 0.6 is 0 Å². The Morgan fingerprint density at radius 2 is 2.22 bits per heavy atom. The molecule has 2 aliphatic rings. The number of benzene rings is 1. The van der Waals surface area contributed by atoms with E-state index in [1.807, 2.05) is 25.1 Å². The predicted molar refractivity (Wildman–Crippen MR) is 72.5 cm³/mol. The van der Waals surface area contributed by atoms with Crippen LogP contribution in [0.3, 0.4) is 0 Å². The van der Waals surface area contributed by atoms with Crippen molar-refractivity contribution in [2.45, 2.75) is 38.3 Å². The molecule has 18 heavy (non-hydrogen) atoms. The SMILES string of the molecule is Cc1cccc(NC2CCN3CCCC23)c1C#N. The van der Waals surface area contributed by atoms with Gasteiger partial charge in [-0.2, -0.15) is 5.26 Å². The number of fused-ring (bicyclic) bond motifs is 1. The first-order valence-electron chi connectivity index (χ1n) is 6.80. The zero-order valence-electron chi connectivity index (χ0n) is 10.8. The smallest absolute Gasteiger partial charge is 0.102 e. The van der Waals surface area contributed by atoms with Crippen molar-refractivity contribution in [2.75, 3.05) is 18.4 Å². The van der Waals surface area contributed by atoms with Crippen LogP contribution in [0.1, 0.15) is 30.4 Å². The van der Waals surface area contributed by atoms with Crippen LogP contribution in [0.4, 0.5) is 5.69 Å². The molecule has 3 heteroatoms. The molecule has 0 aromatic heterocycles. The summed E-state index contributed by atoms with van der Waals surface area (Å²) in [4.78, 5) is 2.58. The maximum absolute atomic E-state index is 9.26. The Labute approximate surface area is 108 Å². The van der Waals surface area contributed by atoms with Crippen molar-refractivity contribution in [3.8, 4) is 6.07 Å². The van der Waals surface area contributed by atoms with Crippen LogP contribution in [0, 0.1) is 18.3 Å². The van der Waals surface area contributed by atoms with Crippen molar-refractivity contribution in [3.05, 3.63) is 29.3 Å². The Bertz CT molecular complexity index is 489. The average Bonchev–Trinajstić information content (AvgIpc) is 2.94. The first-order chi connectivity index (χ1) is 8.79. The third-order valence-corrected chi connectivity index (χ3v) is 4.33. The summed E-state index contributed by atoms with van der Waals surface area (Å²) in [7, 11) is 0. The summed E-state index contributed by atoms with van der Waals surface area (Å²) in [6, 6.07) is 9.57. The molecule has 2 aliphatic heterocycles. The fourth-order valence-electron chi connectivity index (χ4n) is 3.39. The Balaban J connectivity index is 1.81. The van der Waals surface area contributed by atoms with Crippen molar-refractivity contribution in [1.29, 1.82) is 5.26 Å². The van der Waals surface area contributed by atoms with Crippen LogP contribution in [-0.2, 0) is 0 Å². The fraction of sp³-hybridized carbons (Fsp3) is 0.533. The number of nitrogens with one attached hydrogen (secondary N) is 1. The molecule has 0 saturated carbocycles. The highest BCUT2D eigenvalue weighted by molar-refractivity contribution is 5.61. The molecule has 3 nitrogen and oxygen atoms in total. The summed E-state index contributed by atoms with van der Waals surface area (Å²) in [5.74, 6) is 0. The van der Waals surface area contributed by atoms with Gasteiger partial charge in [-0.15, -0.1) is 0 Å². The summed E-state index contributed by atoms with van der Waals surface area (Å²) in [6.45, 7) is 4.46. The lowest BCUT2D eigenvalue weighted by Gasteiger charge is -2.23. The quantitative estimate of drug-likeness (QED) is 0.864. The summed E-state index contributed by atoms with van der Waals surface area (Å²) in [5.41, 5.74) is 2.87. The normalized spacial score (nSPS) is 26.9. The summed E-state index contributed by atoms with van der Waals surface area (Å²) >= 11 is 0. The molecule has 1 aromatic carbocycles. The van der Waals surface area contributed by atoms with Crippen molar-refractivity contribution in [1.82, 2.24) is 4.90 Å². The van der Waals surface area contributed by atoms with Crippen LogP contribution in [0.2, 0.25) is 0 Å². The largest absolute Gasteiger partial charge is 0.380 e. The van der Waals surface area contributed by atoms with E-state index in [1.54, 1.807) is 0 Å². The number of rotatable bonds is 2. The van der Waals surface area contributed by atoms with Gasteiger partial charge < -0.3 is 5.32 Å². The summed E-state index contributed by atoms with van der Waals surface area (Å²) in [5, 5.41) is 12.9. The number of nitriles is 1. The van der Waals surface area contributed by atoms with E-state index in [1.165, 1.54) is 32.4 Å². The summed E-state index contributed by atoms with van der Waals surface area (Å²) < 4.78 is 0. The minimum atomic E-state index is 0.515. The monoisotopic (exact) mass is 241 g/mol. The number of nitrogens with zero attached hydrogens (tertiary/aromatic N) is 2.